The molecule has 6 nitrogen and oxygen atoms in total. The second kappa shape index (κ2) is 11.3. The maximum absolute atomic E-state index is 11.7. The molecule has 2 N–H and O–H groups in total. The zero-order valence-corrected chi connectivity index (χ0v) is 18.3. The Balaban J connectivity index is 1.82. The van der Waals surface area contributed by atoms with Gasteiger partial charge >= 0.3 is 0 Å². The summed E-state index contributed by atoms with van der Waals surface area (Å²) in [4.78, 5) is 5.67. The van der Waals surface area contributed by atoms with E-state index in [1.54, 1.807) is 32.7 Å². The number of hydrogen-bond acceptors (Lipinski definition) is 6. The van der Waals surface area contributed by atoms with Crippen LogP contribution in [0.2, 0.25) is 0 Å². The van der Waals surface area contributed by atoms with Gasteiger partial charge in [-0.15, -0.1) is 0 Å². The molecule has 2 aromatic rings. The van der Waals surface area contributed by atoms with Crippen LogP contribution >= 0.6 is 11.8 Å². The summed E-state index contributed by atoms with van der Waals surface area (Å²) in [7, 11) is -1.55. The normalized spacial score (nSPS) is 11.6. The zero-order chi connectivity index (χ0) is 20.4. The van der Waals surface area contributed by atoms with Gasteiger partial charge in [-0.3, -0.25) is 0 Å². The summed E-state index contributed by atoms with van der Waals surface area (Å²) in [6.45, 7) is 4.65. The Kier molecular flexibility index (Phi) is 9.08. The van der Waals surface area contributed by atoms with Crippen molar-refractivity contribution in [3.8, 4) is 5.88 Å². The molecule has 8 heteroatoms. The third-order valence-electron chi connectivity index (χ3n) is 4.09. The molecule has 0 spiro atoms. The molecule has 0 unspecified atom stereocenters. The molecule has 2 rings (SSSR count). The van der Waals surface area contributed by atoms with E-state index in [4.69, 9.17) is 4.74 Å². The number of sulfonamides is 1. The summed E-state index contributed by atoms with van der Waals surface area (Å²) in [6, 6.07) is 13.9. The molecule has 1 heterocycles. The zero-order valence-electron chi connectivity index (χ0n) is 16.6. The minimum absolute atomic E-state index is 0.391. The number of methoxy groups -OCH3 is 1. The molecule has 154 valence electrons. The first kappa shape index (κ1) is 22.5. The third-order valence-corrected chi connectivity index (χ3v) is 6.95. The number of ether oxygens (including phenoxy) is 1. The molecular formula is C20H29N3O3S2. The van der Waals surface area contributed by atoms with Crippen LogP contribution in [0.25, 0.3) is 0 Å². The fourth-order valence-electron chi connectivity index (χ4n) is 2.38. The molecule has 0 fully saturated rings. The van der Waals surface area contributed by atoms with E-state index in [1.807, 2.05) is 42.5 Å². The van der Waals surface area contributed by atoms with Crippen molar-refractivity contribution in [2.24, 2.45) is 0 Å². The van der Waals surface area contributed by atoms with E-state index in [2.05, 4.69) is 15.0 Å². The van der Waals surface area contributed by atoms with Crippen molar-refractivity contribution in [1.82, 2.24) is 9.71 Å². The van der Waals surface area contributed by atoms with Gasteiger partial charge in [0.15, 0.2) is 0 Å². The minimum Gasteiger partial charge on any atom is -0.481 e. The summed E-state index contributed by atoms with van der Waals surface area (Å²) < 4.78 is 31.3. The van der Waals surface area contributed by atoms with Gasteiger partial charge in [-0.25, -0.2) is 18.1 Å². The van der Waals surface area contributed by atoms with Gasteiger partial charge in [-0.1, -0.05) is 36.4 Å². The second-order valence-electron chi connectivity index (χ2n) is 6.60. The first-order valence-electron chi connectivity index (χ1n) is 9.42. The topological polar surface area (TPSA) is 80.3 Å². The van der Waals surface area contributed by atoms with Crippen LogP contribution in [0.1, 0.15) is 33.1 Å². The highest BCUT2D eigenvalue weighted by Gasteiger charge is 2.14. The molecular weight excluding hydrogens is 394 g/mol. The second-order valence-corrected chi connectivity index (χ2v) is 9.98. The van der Waals surface area contributed by atoms with E-state index in [1.165, 1.54) is 0 Å². The number of aromatic nitrogens is 1. The predicted molar refractivity (Wildman–Crippen MR) is 116 cm³/mol. The van der Waals surface area contributed by atoms with Crippen molar-refractivity contribution in [3.63, 3.8) is 0 Å². The number of rotatable bonds is 12. The maximum Gasteiger partial charge on any atom is 0.214 e. The standard InChI is InChI=1S/C20H29N3O3S2/c1-16(2)28(24,25)22-15-9-5-8-14-21-18-12-13-19(26-3)23-20(18)27-17-10-6-4-7-11-17/h4,6-7,10-13,16,21-22H,5,8-9,14-15H2,1-3H3. The predicted octanol–water partition coefficient (Wildman–Crippen LogP) is 4.15. The van der Waals surface area contributed by atoms with Crippen LogP contribution in [0.4, 0.5) is 5.69 Å². The van der Waals surface area contributed by atoms with Crippen LogP contribution in [0.3, 0.4) is 0 Å². The fourth-order valence-corrected chi connectivity index (χ4v) is 4.05. The Morgan fingerprint density at radius 1 is 1.04 bits per heavy atom. The van der Waals surface area contributed by atoms with Crippen LogP contribution in [-0.2, 0) is 10.0 Å². The Bertz CT molecular complexity index is 828. The molecule has 0 saturated carbocycles. The maximum atomic E-state index is 11.7. The molecule has 0 aliphatic heterocycles. The quantitative estimate of drug-likeness (QED) is 0.499. The van der Waals surface area contributed by atoms with Crippen molar-refractivity contribution in [2.75, 3.05) is 25.5 Å². The fraction of sp³-hybridized carbons (Fsp3) is 0.450. The van der Waals surface area contributed by atoms with Gasteiger partial charge in [0.1, 0.15) is 5.03 Å². The van der Waals surface area contributed by atoms with Gasteiger partial charge in [0.05, 0.1) is 18.0 Å². The summed E-state index contributed by atoms with van der Waals surface area (Å²) in [5, 5.41) is 3.91. The van der Waals surface area contributed by atoms with E-state index in [-0.39, 0.29) is 0 Å². The number of nitrogens with one attached hydrogen (secondary N) is 2. The van der Waals surface area contributed by atoms with Gasteiger partial charge in [0, 0.05) is 24.1 Å². The van der Waals surface area contributed by atoms with Gasteiger partial charge < -0.3 is 10.1 Å². The molecule has 0 bridgehead atoms. The Morgan fingerprint density at radius 2 is 1.75 bits per heavy atom. The average molecular weight is 424 g/mol. The number of hydrogen-bond donors (Lipinski definition) is 2. The summed E-state index contributed by atoms with van der Waals surface area (Å²) in [5.41, 5.74) is 0.968. The van der Waals surface area contributed by atoms with E-state index in [0.29, 0.717) is 12.4 Å². The Morgan fingerprint density at radius 3 is 2.43 bits per heavy atom. The van der Waals surface area contributed by atoms with Crippen LogP contribution in [-0.4, -0.2) is 38.9 Å². The summed E-state index contributed by atoms with van der Waals surface area (Å²) in [6.07, 6.45) is 2.71. The van der Waals surface area contributed by atoms with Crippen LogP contribution in [0.5, 0.6) is 5.88 Å². The molecule has 1 aromatic carbocycles. The van der Waals surface area contributed by atoms with Gasteiger partial charge in [-0.2, -0.15) is 0 Å². The van der Waals surface area contributed by atoms with Crippen LogP contribution in [0.15, 0.2) is 52.4 Å². The molecule has 1 aromatic heterocycles. The number of anilines is 1. The van der Waals surface area contributed by atoms with Crippen LogP contribution < -0.4 is 14.8 Å². The lowest BCUT2D eigenvalue weighted by Crippen LogP contribution is -2.31. The lowest BCUT2D eigenvalue weighted by molar-refractivity contribution is 0.394. The van der Waals surface area contributed by atoms with E-state index in [0.717, 1.165) is 41.4 Å². The van der Waals surface area contributed by atoms with Crippen molar-refractivity contribution < 1.29 is 13.2 Å². The largest absolute Gasteiger partial charge is 0.481 e. The van der Waals surface area contributed by atoms with E-state index >= 15 is 0 Å². The van der Waals surface area contributed by atoms with Crippen molar-refractivity contribution >= 4 is 27.5 Å². The van der Waals surface area contributed by atoms with Gasteiger partial charge in [-0.05, 0) is 44.9 Å². The number of benzene rings is 1. The Hall–Kier alpha value is -1.77. The number of pyridine rings is 1. The highest BCUT2D eigenvalue weighted by atomic mass is 32.2. The molecule has 0 saturated heterocycles. The average Bonchev–Trinajstić information content (AvgIpc) is 2.68. The first-order chi connectivity index (χ1) is 13.4. The lowest BCUT2D eigenvalue weighted by Gasteiger charge is -2.12. The molecule has 0 aliphatic rings. The lowest BCUT2D eigenvalue weighted by atomic mass is 10.2. The summed E-state index contributed by atoms with van der Waals surface area (Å²) in [5.74, 6) is 0.585. The molecule has 0 amide bonds. The monoisotopic (exact) mass is 423 g/mol. The molecule has 0 radical (unpaired) electrons. The molecule has 0 atom stereocenters. The Labute approximate surface area is 172 Å². The van der Waals surface area contributed by atoms with Crippen molar-refractivity contribution in [1.29, 1.82) is 0 Å². The van der Waals surface area contributed by atoms with Gasteiger partial charge in [0.25, 0.3) is 0 Å². The summed E-state index contributed by atoms with van der Waals surface area (Å²) >= 11 is 1.59. The van der Waals surface area contributed by atoms with E-state index < -0.39 is 15.3 Å². The smallest absolute Gasteiger partial charge is 0.214 e. The third kappa shape index (κ3) is 7.33. The number of nitrogens with zero attached hydrogens (tertiary/aromatic N) is 1. The van der Waals surface area contributed by atoms with Crippen molar-refractivity contribution in [2.45, 2.75) is 48.3 Å². The highest BCUT2D eigenvalue weighted by molar-refractivity contribution is 7.99. The molecule has 0 aliphatic carbocycles. The minimum atomic E-state index is -3.16. The van der Waals surface area contributed by atoms with Gasteiger partial charge in [0.2, 0.25) is 15.9 Å². The van der Waals surface area contributed by atoms with Crippen molar-refractivity contribution in [3.05, 3.63) is 42.5 Å². The first-order valence-corrected chi connectivity index (χ1v) is 11.8. The SMILES string of the molecule is COc1ccc(NCCCCCNS(=O)(=O)C(C)C)c(Sc2ccccc2)n1. The molecule has 28 heavy (non-hydrogen) atoms. The highest BCUT2D eigenvalue weighted by Crippen LogP contribution is 2.33. The number of unbranched alkanes of at least 4 members (excludes halogenated alkanes) is 2. The van der Waals surface area contributed by atoms with Crippen LogP contribution in [0, 0.1) is 0 Å². The van der Waals surface area contributed by atoms with E-state index in [9.17, 15) is 8.42 Å².